The van der Waals surface area contributed by atoms with Crippen LogP contribution in [-0.2, 0) is 14.8 Å². The smallest absolute Gasteiger partial charge is 0.211 e. The second-order valence-electron chi connectivity index (χ2n) is 7.26. The third-order valence-corrected chi connectivity index (χ3v) is 6.81. The van der Waals surface area contributed by atoms with Crippen molar-refractivity contribution in [2.75, 3.05) is 32.0 Å². The highest BCUT2D eigenvalue weighted by molar-refractivity contribution is 7.89. The molecule has 22 heavy (non-hydrogen) atoms. The molecule has 3 fully saturated rings. The Kier molecular flexibility index (Phi) is 5.76. The molecule has 1 aliphatic carbocycles. The summed E-state index contributed by atoms with van der Waals surface area (Å²) in [6, 6.07) is 0.107. The van der Waals surface area contributed by atoms with E-state index in [0.29, 0.717) is 6.42 Å². The van der Waals surface area contributed by atoms with E-state index < -0.39 is 10.0 Å². The Balaban J connectivity index is 1.38. The second kappa shape index (κ2) is 7.60. The van der Waals surface area contributed by atoms with Crippen LogP contribution in [-0.4, -0.2) is 57.5 Å². The average Bonchev–Trinajstić information content (AvgIpc) is 3.19. The van der Waals surface area contributed by atoms with Crippen molar-refractivity contribution < 1.29 is 13.2 Å². The van der Waals surface area contributed by atoms with Crippen molar-refractivity contribution in [3.63, 3.8) is 0 Å². The molecule has 2 saturated heterocycles. The Hall–Kier alpha value is -0.170. The quantitative estimate of drug-likeness (QED) is 0.772. The number of likely N-dealkylation sites (tertiary alicyclic amines) is 1. The summed E-state index contributed by atoms with van der Waals surface area (Å²) in [7, 11) is -3.16. The van der Waals surface area contributed by atoms with Crippen molar-refractivity contribution >= 4 is 10.0 Å². The summed E-state index contributed by atoms with van der Waals surface area (Å²) in [5, 5.41) is 0. The van der Waals surface area contributed by atoms with E-state index in [1.807, 2.05) is 0 Å². The van der Waals surface area contributed by atoms with Gasteiger partial charge in [-0.1, -0.05) is 12.8 Å². The first kappa shape index (κ1) is 16.7. The SMILES string of the molecule is O=S(=O)(CC[C@@H]1CCCO1)N[C@@H]1CCN(CC2CCCC2)C1. The molecule has 0 spiro atoms. The summed E-state index contributed by atoms with van der Waals surface area (Å²) in [5.74, 6) is 1.05. The maximum atomic E-state index is 12.2. The Labute approximate surface area is 134 Å². The summed E-state index contributed by atoms with van der Waals surface area (Å²) in [6.07, 6.45) is 9.27. The molecule has 0 aromatic rings. The van der Waals surface area contributed by atoms with Crippen molar-refractivity contribution in [3.05, 3.63) is 0 Å². The molecule has 0 unspecified atom stereocenters. The van der Waals surface area contributed by atoms with Gasteiger partial charge in [0.1, 0.15) is 0 Å². The summed E-state index contributed by atoms with van der Waals surface area (Å²) < 4.78 is 32.8. The minimum absolute atomic E-state index is 0.107. The largest absolute Gasteiger partial charge is 0.378 e. The number of nitrogens with zero attached hydrogens (tertiary/aromatic N) is 1. The van der Waals surface area contributed by atoms with Gasteiger partial charge in [-0.05, 0) is 51.0 Å². The Morgan fingerprint density at radius 2 is 1.91 bits per heavy atom. The zero-order chi connectivity index (χ0) is 15.4. The van der Waals surface area contributed by atoms with Gasteiger partial charge in [-0.25, -0.2) is 13.1 Å². The molecule has 0 amide bonds. The third kappa shape index (κ3) is 4.91. The van der Waals surface area contributed by atoms with Gasteiger partial charge in [0.15, 0.2) is 0 Å². The molecule has 3 rings (SSSR count). The van der Waals surface area contributed by atoms with Gasteiger partial charge in [-0.15, -0.1) is 0 Å². The summed E-state index contributed by atoms with van der Waals surface area (Å²) in [6.45, 7) is 3.87. The van der Waals surface area contributed by atoms with E-state index in [2.05, 4.69) is 9.62 Å². The monoisotopic (exact) mass is 330 g/mol. The van der Waals surface area contributed by atoms with Crippen molar-refractivity contribution in [3.8, 4) is 0 Å². The first-order valence-electron chi connectivity index (χ1n) is 8.95. The van der Waals surface area contributed by atoms with E-state index in [9.17, 15) is 8.42 Å². The third-order valence-electron chi connectivity index (χ3n) is 5.34. The first-order valence-corrected chi connectivity index (χ1v) is 10.6. The van der Waals surface area contributed by atoms with Crippen molar-refractivity contribution in [1.82, 2.24) is 9.62 Å². The van der Waals surface area contributed by atoms with Gasteiger partial charge < -0.3 is 9.64 Å². The molecular weight excluding hydrogens is 300 g/mol. The van der Waals surface area contributed by atoms with Crippen LogP contribution in [0.25, 0.3) is 0 Å². The van der Waals surface area contributed by atoms with Gasteiger partial charge in [-0.3, -0.25) is 0 Å². The lowest BCUT2D eigenvalue weighted by Gasteiger charge is -2.20. The molecule has 0 aromatic carbocycles. The van der Waals surface area contributed by atoms with Crippen LogP contribution in [0.15, 0.2) is 0 Å². The molecular formula is C16H30N2O3S. The van der Waals surface area contributed by atoms with E-state index in [4.69, 9.17) is 4.74 Å². The molecule has 6 heteroatoms. The second-order valence-corrected chi connectivity index (χ2v) is 9.13. The Morgan fingerprint density at radius 3 is 2.64 bits per heavy atom. The fourth-order valence-corrected chi connectivity index (χ4v) is 5.52. The normalized spacial score (nSPS) is 31.3. The lowest BCUT2D eigenvalue weighted by atomic mass is 10.1. The van der Waals surface area contributed by atoms with Crippen LogP contribution in [0.1, 0.15) is 51.4 Å². The zero-order valence-corrected chi connectivity index (χ0v) is 14.3. The van der Waals surface area contributed by atoms with Gasteiger partial charge in [0.05, 0.1) is 11.9 Å². The molecule has 2 atom stereocenters. The lowest BCUT2D eigenvalue weighted by Crippen LogP contribution is -2.39. The van der Waals surface area contributed by atoms with Crippen LogP contribution in [0.3, 0.4) is 0 Å². The minimum Gasteiger partial charge on any atom is -0.378 e. The van der Waals surface area contributed by atoms with Gasteiger partial charge in [0, 0.05) is 25.7 Å². The highest BCUT2D eigenvalue weighted by Gasteiger charge is 2.29. The van der Waals surface area contributed by atoms with Crippen LogP contribution in [0.5, 0.6) is 0 Å². The molecule has 2 aliphatic heterocycles. The molecule has 128 valence electrons. The van der Waals surface area contributed by atoms with Crippen molar-refractivity contribution in [2.45, 2.75) is 63.5 Å². The molecule has 3 aliphatic rings. The van der Waals surface area contributed by atoms with Crippen LogP contribution >= 0.6 is 0 Å². The molecule has 2 heterocycles. The first-order chi connectivity index (χ1) is 10.6. The van der Waals surface area contributed by atoms with E-state index >= 15 is 0 Å². The van der Waals surface area contributed by atoms with Gasteiger partial charge in [0.25, 0.3) is 0 Å². The minimum atomic E-state index is -3.16. The molecule has 1 N–H and O–H groups in total. The fourth-order valence-electron chi connectivity index (χ4n) is 4.12. The lowest BCUT2D eigenvalue weighted by molar-refractivity contribution is 0.108. The summed E-state index contributed by atoms with van der Waals surface area (Å²) in [4.78, 5) is 2.45. The molecule has 0 bridgehead atoms. The predicted molar refractivity (Wildman–Crippen MR) is 87.3 cm³/mol. The average molecular weight is 330 g/mol. The fraction of sp³-hybridized carbons (Fsp3) is 1.00. The predicted octanol–water partition coefficient (Wildman–Crippen LogP) is 1.74. The number of hydrogen-bond donors (Lipinski definition) is 1. The number of ether oxygens (including phenoxy) is 1. The van der Waals surface area contributed by atoms with Gasteiger partial charge in [-0.2, -0.15) is 0 Å². The van der Waals surface area contributed by atoms with E-state index in [-0.39, 0.29) is 17.9 Å². The Bertz CT molecular complexity index is 442. The van der Waals surface area contributed by atoms with Gasteiger partial charge >= 0.3 is 0 Å². The molecule has 5 nitrogen and oxygen atoms in total. The number of sulfonamides is 1. The topological polar surface area (TPSA) is 58.6 Å². The van der Waals surface area contributed by atoms with E-state index in [0.717, 1.165) is 51.4 Å². The Morgan fingerprint density at radius 1 is 1.09 bits per heavy atom. The summed E-state index contributed by atoms with van der Waals surface area (Å²) in [5.41, 5.74) is 0. The van der Waals surface area contributed by atoms with Gasteiger partial charge in [0.2, 0.25) is 10.0 Å². The van der Waals surface area contributed by atoms with Crippen LogP contribution < -0.4 is 4.72 Å². The van der Waals surface area contributed by atoms with Crippen LogP contribution in [0, 0.1) is 5.92 Å². The standard InChI is InChI=1S/C16H30N2O3S/c19-22(20,11-8-16-6-3-10-21-16)17-15-7-9-18(13-15)12-14-4-1-2-5-14/h14-17H,1-13H2/t15-,16+/m1/s1. The highest BCUT2D eigenvalue weighted by Crippen LogP contribution is 2.26. The zero-order valence-electron chi connectivity index (χ0n) is 13.5. The maximum absolute atomic E-state index is 12.2. The maximum Gasteiger partial charge on any atom is 0.211 e. The highest BCUT2D eigenvalue weighted by atomic mass is 32.2. The van der Waals surface area contributed by atoms with Crippen LogP contribution in [0.2, 0.25) is 0 Å². The number of rotatable bonds is 7. The number of hydrogen-bond acceptors (Lipinski definition) is 4. The van der Waals surface area contributed by atoms with E-state index in [1.54, 1.807) is 0 Å². The molecule has 0 radical (unpaired) electrons. The molecule has 1 saturated carbocycles. The molecule has 0 aromatic heterocycles. The van der Waals surface area contributed by atoms with Crippen molar-refractivity contribution in [1.29, 1.82) is 0 Å². The van der Waals surface area contributed by atoms with Crippen LogP contribution in [0.4, 0.5) is 0 Å². The van der Waals surface area contributed by atoms with Crippen molar-refractivity contribution in [2.24, 2.45) is 5.92 Å². The summed E-state index contributed by atoms with van der Waals surface area (Å²) >= 11 is 0. The van der Waals surface area contributed by atoms with E-state index in [1.165, 1.54) is 25.7 Å². The number of nitrogens with one attached hydrogen (secondary N) is 1.